The van der Waals surface area contributed by atoms with Gasteiger partial charge < -0.3 is 24.1 Å². The van der Waals surface area contributed by atoms with Crippen LogP contribution in [0.1, 0.15) is 16.2 Å². The van der Waals surface area contributed by atoms with E-state index in [-0.39, 0.29) is 5.91 Å². The van der Waals surface area contributed by atoms with Crippen LogP contribution in [0.2, 0.25) is 0 Å². The predicted octanol–water partition coefficient (Wildman–Crippen LogP) is 3.27. The zero-order chi connectivity index (χ0) is 19.2. The van der Waals surface area contributed by atoms with Gasteiger partial charge in [0.05, 0.1) is 19.8 Å². The second kappa shape index (κ2) is 8.27. The van der Waals surface area contributed by atoms with E-state index in [1.807, 2.05) is 17.8 Å². The summed E-state index contributed by atoms with van der Waals surface area (Å²) in [6.07, 6.45) is 3.59. The normalized spacial score (nSPS) is 10.3. The van der Waals surface area contributed by atoms with E-state index in [0.717, 1.165) is 5.82 Å². The van der Waals surface area contributed by atoms with Crippen molar-refractivity contribution in [1.29, 1.82) is 0 Å². The van der Waals surface area contributed by atoms with Gasteiger partial charge in [-0.15, -0.1) is 0 Å². The summed E-state index contributed by atoms with van der Waals surface area (Å²) in [5, 5.41) is 2.84. The number of amides is 1. The highest BCUT2D eigenvalue weighted by Gasteiger charge is 2.13. The Morgan fingerprint density at radius 3 is 2.44 bits per heavy atom. The Hall–Kier alpha value is -3.48. The Balaban J connectivity index is 1.64. The largest absolute Gasteiger partial charge is 0.497 e. The summed E-state index contributed by atoms with van der Waals surface area (Å²) in [5.41, 5.74) is 1.08. The van der Waals surface area contributed by atoms with Gasteiger partial charge in [-0.3, -0.25) is 4.79 Å². The van der Waals surface area contributed by atoms with Crippen molar-refractivity contribution in [3.05, 3.63) is 66.2 Å². The third-order valence-corrected chi connectivity index (χ3v) is 4.05. The molecule has 0 atom stereocenters. The summed E-state index contributed by atoms with van der Waals surface area (Å²) in [6.45, 7) is 0.373. The van der Waals surface area contributed by atoms with Gasteiger partial charge in [-0.25, -0.2) is 4.98 Å². The number of methoxy groups -OCH3 is 2. The van der Waals surface area contributed by atoms with Crippen LogP contribution >= 0.6 is 0 Å². The first kappa shape index (κ1) is 18.3. The van der Waals surface area contributed by atoms with Crippen molar-refractivity contribution in [2.75, 3.05) is 19.5 Å². The van der Waals surface area contributed by atoms with Gasteiger partial charge in [0.1, 0.15) is 29.7 Å². The predicted molar refractivity (Wildman–Crippen MR) is 101 cm³/mol. The standard InChI is InChI=1S/C20H21N3O4/c1-23-11-10-21-19(23)13-27-15-6-4-14(5-7-15)22-20(24)17-9-8-16(25-2)12-18(17)26-3/h4-12H,13H2,1-3H3,(H,22,24). The maximum Gasteiger partial charge on any atom is 0.259 e. The molecule has 3 aromatic rings. The van der Waals surface area contributed by atoms with Gasteiger partial charge in [-0.05, 0) is 36.4 Å². The van der Waals surface area contributed by atoms with E-state index in [9.17, 15) is 4.79 Å². The molecule has 0 unspecified atom stereocenters. The van der Waals surface area contributed by atoms with Crippen molar-refractivity contribution in [1.82, 2.24) is 9.55 Å². The summed E-state index contributed by atoms with van der Waals surface area (Å²) in [5.74, 6) is 2.33. The fraction of sp³-hybridized carbons (Fsp3) is 0.200. The molecule has 0 radical (unpaired) electrons. The molecule has 7 nitrogen and oxygen atoms in total. The van der Waals surface area contributed by atoms with E-state index in [1.54, 1.807) is 55.8 Å². The van der Waals surface area contributed by atoms with Gasteiger partial charge in [0, 0.05) is 31.2 Å². The summed E-state index contributed by atoms with van der Waals surface area (Å²) in [7, 11) is 4.99. The molecule has 2 aromatic carbocycles. The molecule has 0 saturated heterocycles. The highest BCUT2D eigenvalue weighted by atomic mass is 16.5. The van der Waals surface area contributed by atoms with Crippen LogP contribution in [0.4, 0.5) is 5.69 Å². The van der Waals surface area contributed by atoms with E-state index in [1.165, 1.54) is 7.11 Å². The number of anilines is 1. The number of rotatable bonds is 7. The number of ether oxygens (including phenoxy) is 3. The summed E-state index contributed by atoms with van der Waals surface area (Å²) >= 11 is 0. The number of nitrogens with zero attached hydrogens (tertiary/aromatic N) is 2. The SMILES string of the molecule is COc1ccc(C(=O)Nc2ccc(OCc3nccn3C)cc2)c(OC)c1. The molecule has 0 bridgehead atoms. The highest BCUT2D eigenvalue weighted by molar-refractivity contribution is 6.06. The number of aromatic nitrogens is 2. The monoisotopic (exact) mass is 367 g/mol. The zero-order valence-corrected chi connectivity index (χ0v) is 15.4. The lowest BCUT2D eigenvalue weighted by Gasteiger charge is -2.11. The summed E-state index contributed by atoms with van der Waals surface area (Å²) < 4.78 is 18.0. The maximum atomic E-state index is 12.5. The molecule has 0 aliphatic carbocycles. The van der Waals surface area contributed by atoms with Crippen LogP contribution in [0.3, 0.4) is 0 Å². The zero-order valence-electron chi connectivity index (χ0n) is 15.4. The Bertz CT molecular complexity index is 919. The molecule has 1 amide bonds. The number of carbonyl (C=O) groups is 1. The minimum atomic E-state index is -0.267. The van der Waals surface area contributed by atoms with E-state index >= 15 is 0 Å². The topological polar surface area (TPSA) is 74.6 Å². The molecule has 1 N–H and O–H groups in total. The van der Waals surface area contributed by atoms with E-state index in [4.69, 9.17) is 14.2 Å². The van der Waals surface area contributed by atoms with Gasteiger partial charge in [-0.2, -0.15) is 0 Å². The van der Waals surface area contributed by atoms with Gasteiger partial charge >= 0.3 is 0 Å². The average Bonchev–Trinajstić information content (AvgIpc) is 3.11. The first-order chi connectivity index (χ1) is 13.1. The first-order valence-electron chi connectivity index (χ1n) is 8.33. The smallest absolute Gasteiger partial charge is 0.259 e. The van der Waals surface area contributed by atoms with Crippen LogP contribution in [0.15, 0.2) is 54.9 Å². The average molecular weight is 367 g/mol. The van der Waals surface area contributed by atoms with Crippen molar-refractivity contribution in [3.63, 3.8) is 0 Å². The van der Waals surface area contributed by atoms with Crippen LogP contribution < -0.4 is 19.5 Å². The van der Waals surface area contributed by atoms with Crippen LogP contribution in [-0.4, -0.2) is 29.7 Å². The number of benzene rings is 2. The molecule has 1 heterocycles. The molecule has 1 aromatic heterocycles. The molecule has 0 aliphatic rings. The molecule has 0 spiro atoms. The molecule has 7 heteroatoms. The number of aryl methyl sites for hydroxylation is 1. The van der Waals surface area contributed by atoms with Gasteiger partial charge in [0.2, 0.25) is 0 Å². The summed E-state index contributed by atoms with van der Waals surface area (Å²) in [6, 6.07) is 12.2. The number of hydrogen-bond acceptors (Lipinski definition) is 5. The van der Waals surface area contributed by atoms with Gasteiger partial charge in [-0.1, -0.05) is 0 Å². The second-order valence-corrected chi connectivity index (χ2v) is 5.79. The minimum absolute atomic E-state index is 0.267. The third-order valence-electron chi connectivity index (χ3n) is 4.05. The Labute approximate surface area is 157 Å². The van der Waals surface area contributed by atoms with Crippen molar-refractivity contribution in [2.24, 2.45) is 7.05 Å². The lowest BCUT2D eigenvalue weighted by molar-refractivity contribution is 0.102. The molecule has 27 heavy (non-hydrogen) atoms. The Kier molecular flexibility index (Phi) is 5.61. The van der Waals surface area contributed by atoms with Crippen LogP contribution in [-0.2, 0) is 13.7 Å². The summed E-state index contributed by atoms with van der Waals surface area (Å²) in [4.78, 5) is 16.7. The lowest BCUT2D eigenvalue weighted by Crippen LogP contribution is -2.13. The fourth-order valence-electron chi connectivity index (χ4n) is 2.50. The fourth-order valence-corrected chi connectivity index (χ4v) is 2.50. The molecule has 0 saturated carbocycles. The molecule has 3 rings (SSSR count). The molecular weight excluding hydrogens is 346 g/mol. The van der Waals surface area contributed by atoms with E-state index in [2.05, 4.69) is 10.3 Å². The third kappa shape index (κ3) is 4.38. The molecule has 0 aliphatic heterocycles. The molecule has 140 valence electrons. The minimum Gasteiger partial charge on any atom is -0.497 e. The maximum absolute atomic E-state index is 12.5. The van der Waals surface area contributed by atoms with Crippen LogP contribution in [0.25, 0.3) is 0 Å². The molecular formula is C20H21N3O4. The number of hydrogen-bond donors (Lipinski definition) is 1. The first-order valence-corrected chi connectivity index (χ1v) is 8.33. The van der Waals surface area contributed by atoms with Gasteiger partial charge in [0.15, 0.2) is 0 Å². The van der Waals surface area contributed by atoms with E-state index in [0.29, 0.717) is 35.1 Å². The lowest BCUT2D eigenvalue weighted by atomic mass is 10.1. The van der Waals surface area contributed by atoms with E-state index < -0.39 is 0 Å². The number of imidazole rings is 1. The van der Waals surface area contributed by atoms with Crippen molar-refractivity contribution >= 4 is 11.6 Å². The van der Waals surface area contributed by atoms with Crippen LogP contribution in [0.5, 0.6) is 17.2 Å². The Morgan fingerprint density at radius 1 is 1.07 bits per heavy atom. The van der Waals surface area contributed by atoms with Gasteiger partial charge in [0.25, 0.3) is 5.91 Å². The molecule has 0 fully saturated rings. The number of nitrogens with one attached hydrogen (secondary N) is 1. The Morgan fingerprint density at radius 2 is 1.81 bits per heavy atom. The van der Waals surface area contributed by atoms with Crippen molar-refractivity contribution < 1.29 is 19.0 Å². The highest BCUT2D eigenvalue weighted by Crippen LogP contribution is 2.26. The second-order valence-electron chi connectivity index (χ2n) is 5.79. The quantitative estimate of drug-likeness (QED) is 0.694. The van der Waals surface area contributed by atoms with Crippen molar-refractivity contribution in [2.45, 2.75) is 6.61 Å². The number of carbonyl (C=O) groups excluding carboxylic acids is 1. The van der Waals surface area contributed by atoms with Crippen LogP contribution in [0, 0.1) is 0 Å². The van der Waals surface area contributed by atoms with Crippen molar-refractivity contribution in [3.8, 4) is 17.2 Å².